The van der Waals surface area contributed by atoms with Crippen LogP contribution in [0.3, 0.4) is 0 Å². The van der Waals surface area contributed by atoms with Crippen LogP contribution in [0.25, 0.3) is 0 Å². The molecule has 11 heavy (non-hydrogen) atoms. The van der Waals surface area contributed by atoms with Crippen molar-refractivity contribution >= 4 is 14.7 Å². The maximum atomic E-state index is 5.52. The highest BCUT2D eigenvalue weighted by atomic mass is 28.3. The van der Waals surface area contributed by atoms with Gasteiger partial charge in [-0.1, -0.05) is 0 Å². The van der Waals surface area contributed by atoms with Gasteiger partial charge in [-0.15, -0.1) is 0 Å². The van der Waals surface area contributed by atoms with Gasteiger partial charge in [0.2, 0.25) is 0 Å². The molecule has 0 fully saturated rings. The van der Waals surface area contributed by atoms with Crippen LogP contribution >= 0.6 is 0 Å². The maximum Gasteiger partial charge on any atom is 0.274 e. The predicted octanol–water partition coefficient (Wildman–Crippen LogP) is 1.90. The summed E-state index contributed by atoms with van der Waals surface area (Å²) in [5.74, 6) is 0.915. The summed E-state index contributed by atoms with van der Waals surface area (Å²) in [6.07, 6.45) is 0. The van der Waals surface area contributed by atoms with Gasteiger partial charge in [-0.05, 0) is 37.4 Å². The molecule has 0 spiro atoms. The number of rotatable bonds is 2. The highest BCUT2D eigenvalue weighted by molar-refractivity contribution is 6.49. The number of nitrogens with two attached hydrogens (primary N) is 1. The van der Waals surface area contributed by atoms with Crippen LogP contribution in [0.5, 0.6) is 5.75 Å². The van der Waals surface area contributed by atoms with Crippen LogP contribution in [0.15, 0.2) is 24.3 Å². The zero-order valence-electron chi connectivity index (χ0n) is 6.79. The van der Waals surface area contributed by atoms with Gasteiger partial charge in [0.25, 0.3) is 9.04 Å². The second-order valence-electron chi connectivity index (χ2n) is 2.58. The SMILES string of the molecule is C[Si](C)Oc1ccc(N)cc1. The zero-order valence-corrected chi connectivity index (χ0v) is 7.79. The van der Waals surface area contributed by atoms with Gasteiger partial charge < -0.3 is 10.2 Å². The molecule has 0 aliphatic rings. The van der Waals surface area contributed by atoms with Crippen molar-refractivity contribution in [1.82, 2.24) is 0 Å². The van der Waals surface area contributed by atoms with E-state index in [0.717, 1.165) is 11.4 Å². The molecule has 0 saturated heterocycles. The molecule has 0 bridgehead atoms. The molecule has 0 saturated carbocycles. The molecule has 1 aromatic carbocycles. The third-order valence-corrected chi connectivity index (χ3v) is 1.85. The summed E-state index contributed by atoms with van der Waals surface area (Å²) >= 11 is 0. The first-order chi connectivity index (χ1) is 5.18. The van der Waals surface area contributed by atoms with Crippen molar-refractivity contribution < 1.29 is 4.43 Å². The van der Waals surface area contributed by atoms with E-state index < -0.39 is 9.04 Å². The van der Waals surface area contributed by atoms with Gasteiger partial charge in [0.15, 0.2) is 0 Å². The van der Waals surface area contributed by atoms with E-state index in [4.69, 9.17) is 10.2 Å². The van der Waals surface area contributed by atoms with Crippen LogP contribution in [0.2, 0.25) is 13.1 Å². The summed E-state index contributed by atoms with van der Waals surface area (Å²) in [7, 11) is -0.640. The number of nitrogen functional groups attached to an aromatic ring is 1. The largest absolute Gasteiger partial charge is 0.543 e. The molecule has 0 heterocycles. The molecule has 0 unspecified atom stereocenters. The molecular weight excluding hydrogens is 154 g/mol. The Morgan fingerprint density at radius 3 is 2.18 bits per heavy atom. The molecule has 0 aromatic heterocycles. The summed E-state index contributed by atoms with van der Waals surface area (Å²) in [4.78, 5) is 0. The van der Waals surface area contributed by atoms with Crippen molar-refractivity contribution in [3.63, 3.8) is 0 Å². The topological polar surface area (TPSA) is 35.2 Å². The predicted molar refractivity (Wildman–Crippen MR) is 49.0 cm³/mol. The summed E-state index contributed by atoms with van der Waals surface area (Å²) < 4.78 is 5.52. The van der Waals surface area contributed by atoms with Crippen LogP contribution in [-0.4, -0.2) is 9.04 Å². The molecular formula is C8H12NOSi. The lowest BCUT2D eigenvalue weighted by molar-refractivity contribution is 0.581. The Bertz CT molecular complexity index is 220. The van der Waals surface area contributed by atoms with E-state index in [1.54, 1.807) is 0 Å². The number of hydrogen-bond acceptors (Lipinski definition) is 2. The number of anilines is 1. The Balaban J connectivity index is 2.66. The monoisotopic (exact) mass is 166 g/mol. The van der Waals surface area contributed by atoms with Gasteiger partial charge >= 0.3 is 0 Å². The average molecular weight is 166 g/mol. The minimum atomic E-state index is -0.640. The quantitative estimate of drug-likeness (QED) is 0.538. The van der Waals surface area contributed by atoms with E-state index in [1.165, 1.54) is 0 Å². The summed E-state index contributed by atoms with van der Waals surface area (Å²) in [6.45, 7) is 4.20. The summed E-state index contributed by atoms with van der Waals surface area (Å²) in [5, 5.41) is 0. The maximum absolute atomic E-state index is 5.52. The van der Waals surface area contributed by atoms with E-state index >= 15 is 0 Å². The standard InChI is InChI=1S/C8H12NOSi/c1-11(2)10-8-5-3-7(9)4-6-8/h3-6H,9H2,1-2H3. The fourth-order valence-electron chi connectivity index (χ4n) is 0.772. The van der Waals surface area contributed by atoms with Crippen molar-refractivity contribution in [1.29, 1.82) is 0 Å². The third kappa shape index (κ3) is 2.63. The zero-order chi connectivity index (χ0) is 8.27. The fraction of sp³-hybridized carbons (Fsp3) is 0.250. The Kier molecular flexibility index (Phi) is 2.54. The van der Waals surface area contributed by atoms with Gasteiger partial charge in [0.05, 0.1) is 0 Å². The van der Waals surface area contributed by atoms with Crippen molar-refractivity contribution in [2.45, 2.75) is 13.1 Å². The second kappa shape index (κ2) is 3.43. The van der Waals surface area contributed by atoms with Gasteiger partial charge in [-0.25, -0.2) is 0 Å². The molecule has 1 radical (unpaired) electrons. The minimum absolute atomic E-state index is 0.640. The molecule has 1 rings (SSSR count). The Morgan fingerprint density at radius 1 is 1.18 bits per heavy atom. The number of benzene rings is 1. The van der Waals surface area contributed by atoms with Crippen LogP contribution in [0, 0.1) is 0 Å². The lowest BCUT2D eigenvalue weighted by Gasteiger charge is -2.07. The molecule has 2 nitrogen and oxygen atoms in total. The average Bonchev–Trinajstić information content (AvgIpc) is 1.93. The first kappa shape index (κ1) is 8.14. The summed E-state index contributed by atoms with van der Waals surface area (Å²) in [6, 6.07) is 7.49. The van der Waals surface area contributed by atoms with Crippen molar-refractivity contribution in [2.75, 3.05) is 5.73 Å². The molecule has 0 aliphatic carbocycles. The first-order valence-electron chi connectivity index (χ1n) is 3.52. The molecule has 3 heteroatoms. The molecule has 0 amide bonds. The highest BCUT2D eigenvalue weighted by Crippen LogP contribution is 2.13. The normalized spacial score (nSPS) is 10.1. The van der Waals surface area contributed by atoms with E-state index in [1.807, 2.05) is 24.3 Å². The Labute approximate surface area is 68.7 Å². The Morgan fingerprint density at radius 2 is 1.73 bits per heavy atom. The molecule has 2 N–H and O–H groups in total. The van der Waals surface area contributed by atoms with Crippen molar-refractivity contribution in [3.8, 4) is 5.75 Å². The molecule has 0 atom stereocenters. The van der Waals surface area contributed by atoms with Crippen molar-refractivity contribution in [2.24, 2.45) is 0 Å². The third-order valence-electron chi connectivity index (χ3n) is 1.20. The second-order valence-corrected chi connectivity index (χ2v) is 4.60. The smallest absolute Gasteiger partial charge is 0.274 e. The van der Waals surface area contributed by atoms with E-state index in [9.17, 15) is 0 Å². The lowest BCUT2D eigenvalue weighted by atomic mass is 10.3. The number of hydrogen-bond donors (Lipinski definition) is 1. The van der Waals surface area contributed by atoms with Gasteiger partial charge in [-0.3, -0.25) is 0 Å². The van der Waals surface area contributed by atoms with Gasteiger partial charge in [-0.2, -0.15) is 0 Å². The van der Waals surface area contributed by atoms with Crippen LogP contribution in [0.4, 0.5) is 5.69 Å². The molecule has 59 valence electrons. The lowest BCUT2D eigenvalue weighted by Crippen LogP contribution is -2.10. The van der Waals surface area contributed by atoms with Crippen LogP contribution in [-0.2, 0) is 0 Å². The van der Waals surface area contributed by atoms with Crippen LogP contribution < -0.4 is 10.2 Å². The summed E-state index contributed by atoms with van der Waals surface area (Å²) in [5.41, 5.74) is 6.29. The van der Waals surface area contributed by atoms with Crippen molar-refractivity contribution in [3.05, 3.63) is 24.3 Å². The van der Waals surface area contributed by atoms with E-state index in [0.29, 0.717) is 0 Å². The fourth-order valence-corrected chi connectivity index (χ4v) is 1.38. The van der Waals surface area contributed by atoms with Gasteiger partial charge in [0.1, 0.15) is 5.75 Å². The van der Waals surface area contributed by atoms with E-state index in [2.05, 4.69) is 13.1 Å². The van der Waals surface area contributed by atoms with Crippen LogP contribution in [0.1, 0.15) is 0 Å². The molecule has 1 aromatic rings. The first-order valence-corrected chi connectivity index (χ1v) is 5.93. The Hall–Kier alpha value is -0.963. The van der Waals surface area contributed by atoms with E-state index in [-0.39, 0.29) is 0 Å². The molecule has 0 aliphatic heterocycles. The minimum Gasteiger partial charge on any atom is -0.543 e. The highest BCUT2D eigenvalue weighted by Gasteiger charge is 1.98. The van der Waals surface area contributed by atoms with Gasteiger partial charge in [0, 0.05) is 5.69 Å².